The van der Waals surface area contributed by atoms with E-state index in [1.807, 2.05) is 24.3 Å². The molecule has 2 N–H and O–H groups in total. The number of nitrogen functional groups attached to an aromatic ring is 1. The molecule has 0 aliphatic carbocycles. The smallest absolute Gasteiger partial charge is 0.231 e. The molecule has 1 atom stereocenters. The predicted octanol–water partition coefficient (Wildman–Crippen LogP) is 0.915. The average Bonchev–Trinajstić information content (AvgIpc) is 2.99. The topological polar surface area (TPSA) is 71.4 Å². The SMILES string of the molecule is Nc1ccccc1Cc1nc(C2CN3CCN2CC3)no1. The maximum Gasteiger partial charge on any atom is 0.231 e. The Kier molecular flexibility index (Phi) is 3.12. The second kappa shape index (κ2) is 5.13. The van der Waals surface area contributed by atoms with Gasteiger partial charge in [0.25, 0.3) is 0 Å². The summed E-state index contributed by atoms with van der Waals surface area (Å²) in [5, 5.41) is 4.19. The minimum atomic E-state index is 0.276. The molecular formula is C15H19N5O. The minimum Gasteiger partial charge on any atom is -0.398 e. The summed E-state index contributed by atoms with van der Waals surface area (Å²) in [6.07, 6.45) is 0.593. The molecule has 2 aromatic rings. The van der Waals surface area contributed by atoms with Gasteiger partial charge in [0.2, 0.25) is 5.89 Å². The summed E-state index contributed by atoms with van der Waals surface area (Å²) in [4.78, 5) is 9.51. The average molecular weight is 285 g/mol. The maximum atomic E-state index is 5.96. The molecular weight excluding hydrogens is 266 g/mol. The molecule has 3 aliphatic heterocycles. The summed E-state index contributed by atoms with van der Waals surface area (Å²) in [6.45, 7) is 5.51. The Hall–Kier alpha value is -1.92. The first kappa shape index (κ1) is 12.8. The maximum absolute atomic E-state index is 5.96. The highest BCUT2D eigenvalue weighted by Gasteiger charge is 2.35. The lowest BCUT2D eigenvalue weighted by molar-refractivity contribution is 0.00781. The zero-order valence-corrected chi connectivity index (χ0v) is 11.9. The van der Waals surface area contributed by atoms with Gasteiger partial charge in [0.15, 0.2) is 5.82 Å². The van der Waals surface area contributed by atoms with Crippen LogP contribution in [0.3, 0.4) is 0 Å². The molecule has 1 unspecified atom stereocenters. The van der Waals surface area contributed by atoms with Crippen LogP contribution in [0.5, 0.6) is 0 Å². The van der Waals surface area contributed by atoms with Gasteiger partial charge >= 0.3 is 0 Å². The number of piperazine rings is 3. The Morgan fingerprint density at radius 3 is 2.71 bits per heavy atom. The van der Waals surface area contributed by atoms with Crippen LogP contribution in [0.2, 0.25) is 0 Å². The molecule has 0 spiro atoms. The van der Waals surface area contributed by atoms with E-state index in [0.29, 0.717) is 12.3 Å². The monoisotopic (exact) mass is 285 g/mol. The lowest BCUT2D eigenvalue weighted by Crippen LogP contribution is -2.57. The number of aromatic nitrogens is 2. The molecule has 2 bridgehead atoms. The van der Waals surface area contributed by atoms with Crippen LogP contribution >= 0.6 is 0 Å². The Morgan fingerprint density at radius 1 is 1.19 bits per heavy atom. The third kappa shape index (κ3) is 2.41. The molecule has 0 amide bonds. The summed E-state index contributed by atoms with van der Waals surface area (Å²) in [5.41, 5.74) is 7.76. The molecule has 1 aromatic heterocycles. The van der Waals surface area contributed by atoms with E-state index in [0.717, 1.165) is 49.8 Å². The van der Waals surface area contributed by atoms with Crippen molar-refractivity contribution in [3.8, 4) is 0 Å². The number of benzene rings is 1. The number of hydrogen-bond acceptors (Lipinski definition) is 6. The Labute approximate surface area is 123 Å². The molecule has 0 radical (unpaired) electrons. The Balaban J connectivity index is 1.52. The fraction of sp³-hybridized carbons (Fsp3) is 0.467. The zero-order chi connectivity index (χ0) is 14.2. The van der Waals surface area contributed by atoms with Gasteiger partial charge in [-0.2, -0.15) is 4.98 Å². The molecule has 0 saturated carbocycles. The standard InChI is InChI=1S/C15H19N5O/c16-12-4-2-1-3-11(12)9-14-17-15(18-21-14)13-10-19-5-7-20(13)8-6-19/h1-4,13H,5-10,16H2. The molecule has 3 saturated heterocycles. The summed E-state index contributed by atoms with van der Waals surface area (Å²) < 4.78 is 5.42. The summed E-state index contributed by atoms with van der Waals surface area (Å²) in [6, 6.07) is 8.07. The largest absolute Gasteiger partial charge is 0.398 e. The molecule has 6 heteroatoms. The molecule has 1 aromatic carbocycles. The molecule has 21 heavy (non-hydrogen) atoms. The van der Waals surface area contributed by atoms with Gasteiger partial charge in [-0.15, -0.1) is 0 Å². The fourth-order valence-electron chi connectivity index (χ4n) is 3.20. The van der Waals surface area contributed by atoms with Crippen molar-refractivity contribution in [3.05, 3.63) is 41.5 Å². The highest BCUT2D eigenvalue weighted by molar-refractivity contribution is 5.47. The first-order valence-electron chi connectivity index (χ1n) is 7.42. The summed E-state index contributed by atoms with van der Waals surface area (Å²) in [5.74, 6) is 1.45. The van der Waals surface area contributed by atoms with Crippen LogP contribution in [0.4, 0.5) is 5.69 Å². The normalized spacial score (nSPS) is 27.9. The van der Waals surface area contributed by atoms with Crippen LogP contribution in [0.25, 0.3) is 0 Å². The lowest BCUT2D eigenvalue weighted by atomic mass is 10.1. The van der Waals surface area contributed by atoms with Crippen molar-refractivity contribution in [3.63, 3.8) is 0 Å². The quantitative estimate of drug-likeness (QED) is 0.845. The number of rotatable bonds is 3. The molecule has 5 rings (SSSR count). The van der Waals surface area contributed by atoms with Crippen molar-refractivity contribution in [2.45, 2.75) is 12.5 Å². The Bertz CT molecular complexity index is 632. The van der Waals surface area contributed by atoms with E-state index in [9.17, 15) is 0 Å². The summed E-state index contributed by atoms with van der Waals surface area (Å²) in [7, 11) is 0. The van der Waals surface area contributed by atoms with Crippen LogP contribution in [0.15, 0.2) is 28.8 Å². The van der Waals surface area contributed by atoms with E-state index >= 15 is 0 Å². The second-order valence-electron chi connectivity index (χ2n) is 5.77. The van der Waals surface area contributed by atoms with Crippen LogP contribution in [-0.2, 0) is 6.42 Å². The number of fused-ring (bicyclic) bond motifs is 3. The Morgan fingerprint density at radius 2 is 2.00 bits per heavy atom. The highest BCUT2D eigenvalue weighted by Crippen LogP contribution is 2.27. The minimum absolute atomic E-state index is 0.276. The van der Waals surface area contributed by atoms with Crippen LogP contribution in [0, 0.1) is 0 Å². The van der Waals surface area contributed by atoms with Gasteiger partial charge in [-0.05, 0) is 11.6 Å². The highest BCUT2D eigenvalue weighted by atomic mass is 16.5. The van der Waals surface area contributed by atoms with Crippen LogP contribution in [0.1, 0.15) is 23.3 Å². The van der Waals surface area contributed by atoms with Crippen LogP contribution < -0.4 is 5.73 Å². The van der Waals surface area contributed by atoms with E-state index in [2.05, 4.69) is 19.9 Å². The molecule has 4 heterocycles. The van der Waals surface area contributed by atoms with Crippen molar-refractivity contribution in [2.24, 2.45) is 0 Å². The van der Waals surface area contributed by atoms with Gasteiger partial charge in [-0.1, -0.05) is 23.4 Å². The van der Waals surface area contributed by atoms with Crippen molar-refractivity contribution in [2.75, 3.05) is 38.5 Å². The third-order valence-corrected chi connectivity index (χ3v) is 4.46. The number of anilines is 1. The number of nitrogens with two attached hydrogens (primary N) is 1. The molecule has 110 valence electrons. The first-order chi connectivity index (χ1) is 10.3. The van der Waals surface area contributed by atoms with E-state index < -0.39 is 0 Å². The van der Waals surface area contributed by atoms with Crippen LogP contribution in [-0.4, -0.2) is 52.7 Å². The van der Waals surface area contributed by atoms with E-state index in [1.165, 1.54) is 0 Å². The van der Waals surface area contributed by atoms with Gasteiger partial charge in [0.1, 0.15) is 0 Å². The predicted molar refractivity (Wildman–Crippen MR) is 78.7 cm³/mol. The van der Waals surface area contributed by atoms with Crippen molar-refractivity contribution in [1.29, 1.82) is 0 Å². The van der Waals surface area contributed by atoms with Crippen molar-refractivity contribution >= 4 is 5.69 Å². The van der Waals surface area contributed by atoms with Gasteiger partial charge in [-0.3, -0.25) is 9.80 Å². The molecule has 3 fully saturated rings. The number of hydrogen-bond donors (Lipinski definition) is 1. The van der Waals surface area contributed by atoms with E-state index in [4.69, 9.17) is 10.3 Å². The molecule has 3 aliphatic rings. The number of nitrogens with zero attached hydrogens (tertiary/aromatic N) is 4. The van der Waals surface area contributed by atoms with Crippen molar-refractivity contribution < 1.29 is 4.52 Å². The van der Waals surface area contributed by atoms with Crippen molar-refractivity contribution in [1.82, 2.24) is 19.9 Å². The van der Waals surface area contributed by atoms with Gasteiger partial charge in [0, 0.05) is 38.4 Å². The number of para-hydroxylation sites is 1. The van der Waals surface area contributed by atoms with E-state index in [-0.39, 0.29) is 6.04 Å². The zero-order valence-electron chi connectivity index (χ0n) is 11.9. The molecule has 6 nitrogen and oxygen atoms in total. The second-order valence-corrected chi connectivity index (χ2v) is 5.77. The lowest BCUT2D eigenvalue weighted by Gasteiger charge is -2.46. The van der Waals surface area contributed by atoms with Gasteiger partial charge in [-0.25, -0.2) is 0 Å². The van der Waals surface area contributed by atoms with Gasteiger partial charge < -0.3 is 10.3 Å². The summed E-state index contributed by atoms with van der Waals surface area (Å²) >= 11 is 0. The van der Waals surface area contributed by atoms with E-state index in [1.54, 1.807) is 0 Å². The third-order valence-electron chi connectivity index (χ3n) is 4.46. The van der Waals surface area contributed by atoms with Gasteiger partial charge in [0.05, 0.1) is 12.5 Å². The fourth-order valence-corrected chi connectivity index (χ4v) is 3.20. The first-order valence-corrected chi connectivity index (χ1v) is 7.42.